The van der Waals surface area contributed by atoms with Gasteiger partial charge in [-0.15, -0.1) is 16.8 Å². The normalized spacial score (nSPS) is 22.7. The van der Waals surface area contributed by atoms with Gasteiger partial charge >= 0.3 is 17.9 Å². The number of allylic oxidation sites excluding steroid dienone is 1. The molecule has 2 heterocycles. The van der Waals surface area contributed by atoms with Crippen LogP contribution in [0.5, 0.6) is 0 Å². The zero-order chi connectivity index (χ0) is 27.8. The van der Waals surface area contributed by atoms with Crippen LogP contribution in [-0.4, -0.2) is 75.0 Å². The van der Waals surface area contributed by atoms with Crippen molar-refractivity contribution in [2.24, 2.45) is 0 Å². The molecule has 1 amide bonds. The van der Waals surface area contributed by atoms with Crippen molar-refractivity contribution in [2.75, 3.05) is 6.61 Å². The van der Waals surface area contributed by atoms with Crippen molar-refractivity contribution in [2.45, 2.75) is 69.2 Å². The van der Waals surface area contributed by atoms with Crippen LogP contribution < -0.4 is 5.32 Å². The predicted molar refractivity (Wildman–Crippen MR) is 136 cm³/mol. The van der Waals surface area contributed by atoms with Crippen molar-refractivity contribution < 1.29 is 38.1 Å². The molecule has 13 heteroatoms. The number of hydrogen-bond acceptors (Lipinski definition) is 11. The second kappa shape index (κ2) is 13.2. The number of benzene rings is 1. The van der Waals surface area contributed by atoms with E-state index >= 15 is 0 Å². The Labute approximate surface area is 224 Å². The number of rotatable bonds is 10. The zero-order valence-corrected chi connectivity index (χ0v) is 22.3. The molecule has 12 nitrogen and oxygen atoms in total. The van der Waals surface area contributed by atoms with Crippen LogP contribution in [0.25, 0.3) is 11.4 Å². The minimum Gasteiger partial charge on any atom is -0.463 e. The van der Waals surface area contributed by atoms with Crippen LogP contribution >= 0.6 is 11.8 Å². The van der Waals surface area contributed by atoms with Crippen molar-refractivity contribution in [3.05, 3.63) is 43.0 Å². The van der Waals surface area contributed by atoms with Gasteiger partial charge in [0.15, 0.2) is 23.2 Å². The molecule has 1 aliphatic rings. The molecule has 0 spiro atoms. The summed E-state index contributed by atoms with van der Waals surface area (Å²) in [6, 6.07) is 8.47. The Balaban J connectivity index is 2.04. The second-order valence-electron chi connectivity index (χ2n) is 8.41. The standard InChI is InChI=1S/C25H30N4O8S/c1-6-12-29-23(18-10-8-7-9-11-18)27-28-25(29)38-24-20(26-14(2)30)22(36-17(5)33)21(35-16(4)32)19(37-24)13-34-15(3)31/h6-11,19-22,24H,1,12-13H2,2-5H3,(H,26,30)/t19-,20-,21+,22+,24+/m1/s1. The second-order valence-corrected chi connectivity index (χ2v) is 9.47. The van der Waals surface area contributed by atoms with Crippen LogP contribution in [0.3, 0.4) is 0 Å². The molecule has 3 rings (SSSR count). The summed E-state index contributed by atoms with van der Waals surface area (Å²) < 4.78 is 24.2. The summed E-state index contributed by atoms with van der Waals surface area (Å²) in [5, 5.41) is 11.8. The van der Waals surface area contributed by atoms with E-state index in [-0.39, 0.29) is 6.61 Å². The summed E-state index contributed by atoms with van der Waals surface area (Å²) in [6.07, 6.45) is -1.65. The molecule has 204 valence electrons. The number of carbonyl (C=O) groups is 4. The third-order valence-electron chi connectivity index (χ3n) is 5.35. The van der Waals surface area contributed by atoms with Crippen LogP contribution in [0.15, 0.2) is 48.1 Å². The number of nitrogens with one attached hydrogen (secondary N) is 1. The number of thioether (sulfide) groups is 1. The van der Waals surface area contributed by atoms with Crippen LogP contribution in [0.2, 0.25) is 0 Å². The van der Waals surface area contributed by atoms with E-state index in [1.54, 1.807) is 6.08 Å². The van der Waals surface area contributed by atoms with Gasteiger partial charge in [0.05, 0.1) is 0 Å². The van der Waals surface area contributed by atoms with E-state index in [0.29, 0.717) is 17.5 Å². The Morgan fingerprint density at radius 3 is 2.26 bits per heavy atom. The van der Waals surface area contributed by atoms with Gasteiger partial charge in [0.2, 0.25) is 5.91 Å². The SMILES string of the molecule is C=CCn1c(S[C@@H]2O[C@H](COC(C)=O)[C@H](OC(C)=O)[C@@H](OC(C)=O)[C@H]2NC(C)=O)nnc1-c1ccccc1. The lowest BCUT2D eigenvalue weighted by Gasteiger charge is -2.44. The van der Waals surface area contributed by atoms with E-state index in [9.17, 15) is 19.2 Å². The van der Waals surface area contributed by atoms with Gasteiger partial charge in [0.25, 0.3) is 0 Å². The highest BCUT2D eigenvalue weighted by atomic mass is 32.2. The number of ether oxygens (including phenoxy) is 4. The van der Waals surface area contributed by atoms with E-state index in [2.05, 4.69) is 22.1 Å². The quantitative estimate of drug-likeness (QED) is 0.264. The highest BCUT2D eigenvalue weighted by Crippen LogP contribution is 2.36. The van der Waals surface area contributed by atoms with Crippen molar-refractivity contribution in [1.29, 1.82) is 0 Å². The van der Waals surface area contributed by atoms with Gasteiger partial charge < -0.3 is 24.3 Å². The van der Waals surface area contributed by atoms with Gasteiger partial charge in [0.1, 0.15) is 24.2 Å². The smallest absolute Gasteiger partial charge is 0.303 e. The molecular formula is C25H30N4O8S. The fourth-order valence-corrected chi connectivity index (χ4v) is 5.12. The Hall–Kier alpha value is -3.71. The van der Waals surface area contributed by atoms with E-state index in [0.717, 1.165) is 17.3 Å². The minimum atomic E-state index is -1.17. The molecule has 1 fully saturated rings. The summed E-state index contributed by atoms with van der Waals surface area (Å²) in [4.78, 5) is 47.7. The Bertz CT molecular complexity index is 1170. The maximum Gasteiger partial charge on any atom is 0.303 e. The fourth-order valence-electron chi connectivity index (χ4n) is 3.97. The molecule has 1 N–H and O–H groups in total. The first kappa shape index (κ1) is 28.9. The molecule has 0 bridgehead atoms. The highest BCUT2D eigenvalue weighted by Gasteiger charge is 2.51. The molecule has 1 aromatic carbocycles. The van der Waals surface area contributed by atoms with E-state index in [4.69, 9.17) is 18.9 Å². The Morgan fingerprint density at radius 1 is 1.03 bits per heavy atom. The molecule has 38 heavy (non-hydrogen) atoms. The largest absolute Gasteiger partial charge is 0.463 e. The van der Waals surface area contributed by atoms with Crippen molar-refractivity contribution >= 4 is 35.6 Å². The van der Waals surface area contributed by atoms with Crippen LogP contribution in [0, 0.1) is 0 Å². The summed E-state index contributed by atoms with van der Waals surface area (Å²) in [6.45, 7) is 8.81. The average molecular weight is 547 g/mol. The number of nitrogens with zero attached hydrogens (tertiary/aromatic N) is 3. The van der Waals surface area contributed by atoms with Gasteiger partial charge in [-0.25, -0.2) is 0 Å². The van der Waals surface area contributed by atoms with Crippen molar-refractivity contribution in [3.63, 3.8) is 0 Å². The van der Waals surface area contributed by atoms with E-state index in [1.165, 1.54) is 27.7 Å². The van der Waals surface area contributed by atoms with Crippen molar-refractivity contribution in [3.8, 4) is 11.4 Å². The van der Waals surface area contributed by atoms with Gasteiger partial charge in [-0.2, -0.15) is 0 Å². The number of aromatic nitrogens is 3. The van der Waals surface area contributed by atoms with Gasteiger partial charge in [-0.05, 0) is 0 Å². The van der Waals surface area contributed by atoms with E-state index in [1.807, 2.05) is 34.9 Å². The summed E-state index contributed by atoms with van der Waals surface area (Å²) in [5.74, 6) is -1.76. The predicted octanol–water partition coefficient (Wildman–Crippen LogP) is 1.88. The summed E-state index contributed by atoms with van der Waals surface area (Å²) in [5.41, 5.74) is -0.0795. The lowest BCUT2D eigenvalue weighted by Crippen LogP contribution is -2.65. The topological polar surface area (TPSA) is 148 Å². The molecule has 1 saturated heterocycles. The molecule has 1 aromatic heterocycles. The maximum absolute atomic E-state index is 12.2. The van der Waals surface area contributed by atoms with Gasteiger partial charge in [-0.3, -0.25) is 23.7 Å². The third kappa shape index (κ3) is 7.42. The monoisotopic (exact) mass is 546 g/mol. The Morgan fingerprint density at radius 2 is 1.68 bits per heavy atom. The first-order chi connectivity index (χ1) is 18.1. The lowest BCUT2D eigenvalue weighted by molar-refractivity contribution is -0.211. The molecule has 1 aliphatic heterocycles. The molecule has 0 aliphatic carbocycles. The minimum absolute atomic E-state index is 0.288. The lowest BCUT2D eigenvalue weighted by atomic mass is 9.97. The van der Waals surface area contributed by atoms with E-state index < -0.39 is 53.6 Å². The van der Waals surface area contributed by atoms with Crippen molar-refractivity contribution in [1.82, 2.24) is 20.1 Å². The molecule has 2 aromatic rings. The summed E-state index contributed by atoms with van der Waals surface area (Å²) >= 11 is 1.12. The average Bonchev–Trinajstić information content (AvgIpc) is 3.23. The highest BCUT2D eigenvalue weighted by molar-refractivity contribution is 7.99. The molecule has 0 unspecified atom stereocenters. The number of hydrogen-bond donors (Lipinski definition) is 1. The number of esters is 3. The Kier molecular flexibility index (Phi) is 10.0. The fraction of sp³-hybridized carbons (Fsp3) is 0.440. The van der Waals surface area contributed by atoms with Gasteiger partial charge in [-0.1, -0.05) is 48.2 Å². The number of amides is 1. The third-order valence-corrected chi connectivity index (χ3v) is 6.50. The molecule has 0 radical (unpaired) electrons. The first-order valence-electron chi connectivity index (χ1n) is 11.8. The maximum atomic E-state index is 12.2. The van der Waals surface area contributed by atoms with Crippen LogP contribution in [0.1, 0.15) is 27.7 Å². The van der Waals surface area contributed by atoms with Crippen LogP contribution in [0.4, 0.5) is 0 Å². The zero-order valence-electron chi connectivity index (χ0n) is 21.5. The first-order valence-corrected chi connectivity index (χ1v) is 12.6. The molecule has 0 saturated carbocycles. The number of carbonyl (C=O) groups excluding carboxylic acids is 4. The molecular weight excluding hydrogens is 516 g/mol. The summed E-state index contributed by atoms with van der Waals surface area (Å²) in [7, 11) is 0. The van der Waals surface area contributed by atoms with Gasteiger partial charge in [0, 0.05) is 39.8 Å². The van der Waals surface area contributed by atoms with Crippen LogP contribution in [-0.2, 0) is 44.7 Å². The molecule has 5 atom stereocenters.